The van der Waals surface area contributed by atoms with Gasteiger partial charge in [-0.2, -0.15) is 0 Å². The van der Waals surface area contributed by atoms with Crippen LogP contribution >= 0.6 is 11.6 Å². The van der Waals surface area contributed by atoms with Gasteiger partial charge in [-0.25, -0.2) is 4.39 Å². The molecule has 0 radical (unpaired) electrons. The van der Waals surface area contributed by atoms with E-state index in [0.29, 0.717) is 36.2 Å². The average Bonchev–Trinajstić information content (AvgIpc) is 2.56. The van der Waals surface area contributed by atoms with Gasteiger partial charge in [0.2, 0.25) is 5.91 Å². The Hall–Kier alpha value is -2.27. The Morgan fingerprint density at radius 2 is 1.88 bits per heavy atom. The zero-order valence-electron chi connectivity index (χ0n) is 13.4. The Labute approximate surface area is 145 Å². The van der Waals surface area contributed by atoms with Gasteiger partial charge in [0.05, 0.1) is 18.9 Å². The fraction of sp³-hybridized carbons (Fsp3) is 0.278. The highest BCUT2D eigenvalue weighted by molar-refractivity contribution is 6.30. The molecule has 0 aliphatic rings. The van der Waals surface area contributed by atoms with Crippen LogP contribution in [-0.2, 0) is 4.79 Å². The minimum absolute atomic E-state index is 0.0788. The summed E-state index contributed by atoms with van der Waals surface area (Å²) in [4.78, 5) is 11.9. The smallest absolute Gasteiger partial charge is 0.224 e. The van der Waals surface area contributed by atoms with Crippen LogP contribution in [0.3, 0.4) is 0 Å². The lowest BCUT2D eigenvalue weighted by Crippen LogP contribution is -2.14. The fourth-order valence-electron chi connectivity index (χ4n) is 2.06. The van der Waals surface area contributed by atoms with Crippen molar-refractivity contribution in [3.63, 3.8) is 0 Å². The Morgan fingerprint density at radius 3 is 2.58 bits per heavy atom. The maximum Gasteiger partial charge on any atom is 0.224 e. The van der Waals surface area contributed by atoms with Crippen LogP contribution in [0.5, 0.6) is 11.5 Å². The van der Waals surface area contributed by atoms with Crippen LogP contribution < -0.4 is 14.8 Å². The molecule has 1 amide bonds. The van der Waals surface area contributed by atoms with Crippen LogP contribution in [0.4, 0.5) is 10.1 Å². The third-order valence-electron chi connectivity index (χ3n) is 3.16. The van der Waals surface area contributed by atoms with Crippen molar-refractivity contribution in [3.05, 3.63) is 53.3 Å². The monoisotopic (exact) mass is 351 g/mol. The number of nitrogens with one attached hydrogen (secondary N) is 1. The van der Waals surface area contributed by atoms with Crippen molar-refractivity contribution < 1.29 is 18.7 Å². The molecular weight excluding hydrogens is 333 g/mol. The van der Waals surface area contributed by atoms with Crippen LogP contribution in [0.2, 0.25) is 5.02 Å². The van der Waals surface area contributed by atoms with Gasteiger partial charge in [0.15, 0.2) is 11.5 Å². The van der Waals surface area contributed by atoms with Gasteiger partial charge in [0.1, 0.15) is 5.82 Å². The number of para-hydroxylation sites is 2. The van der Waals surface area contributed by atoms with Crippen molar-refractivity contribution in [2.75, 3.05) is 18.5 Å². The van der Waals surface area contributed by atoms with E-state index >= 15 is 0 Å². The number of ether oxygens (including phenoxy) is 2. The van der Waals surface area contributed by atoms with Crippen LogP contribution in [-0.4, -0.2) is 19.1 Å². The van der Waals surface area contributed by atoms with Gasteiger partial charge in [0, 0.05) is 11.4 Å². The molecule has 0 saturated carbocycles. The summed E-state index contributed by atoms with van der Waals surface area (Å²) in [5.74, 6) is 0.499. The van der Waals surface area contributed by atoms with Gasteiger partial charge in [-0.15, -0.1) is 0 Å². The number of carbonyl (C=O) groups is 1. The summed E-state index contributed by atoms with van der Waals surface area (Å²) in [6, 6.07) is 11.4. The molecule has 0 fully saturated rings. The quantitative estimate of drug-likeness (QED) is 0.703. The van der Waals surface area contributed by atoms with Gasteiger partial charge in [0.25, 0.3) is 0 Å². The largest absolute Gasteiger partial charge is 0.490 e. The third-order valence-corrected chi connectivity index (χ3v) is 3.39. The minimum atomic E-state index is -0.519. The standard InChI is InChI=1S/C18H19ClFNO3/c1-2-23-16-6-3-4-7-17(16)24-11-5-8-18(22)21-15-12-13(19)9-10-14(15)20/h3-4,6-7,9-10,12H,2,5,8,11H2,1H3,(H,21,22). The van der Waals surface area contributed by atoms with E-state index in [9.17, 15) is 9.18 Å². The number of benzene rings is 2. The second-order valence-corrected chi connectivity index (χ2v) is 5.44. The van der Waals surface area contributed by atoms with Crippen molar-refractivity contribution in [2.24, 2.45) is 0 Å². The first-order chi connectivity index (χ1) is 11.6. The van der Waals surface area contributed by atoms with Gasteiger partial charge >= 0.3 is 0 Å². The van der Waals surface area contributed by atoms with E-state index in [-0.39, 0.29) is 18.0 Å². The fourth-order valence-corrected chi connectivity index (χ4v) is 2.24. The van der Waals surface area contributed by atoms with Crippen molar-refractivity contribution in [3.8, 4) is 11.5 Å². The second-order valence-electron chi connectivity index (χ2n) is 5.00. The van der Waals surface area contributed by atoms with Gasteiger partial charge in [-0.3, -0.25) is 4.79 Å². The van der Waals surface area contributed by atoms with Crippen LogP contribution in [0, 0.1) is 5.82 Å². The number of carbonyl (C=O) groups excluding carboxylic acids is 1. The van der Waals surface area contributed by atoms with E-state index in [2.05, 4.69) is 5.32 Å². The van der Waals surface area contributed by atoms with E-state index in [4.69, 9.17) is 21.1 Å². The Bertz CT molecular complexity index is 694. The molecule has 24 heavy (non-hydrogen) atoms. The molecule has 0 unspecified atom stereocenters. The van der Waals surface area contributed by atoms with Crippen LogP contribution in [0.15, 0.2) is 42.5 Å². The molecule has 2 aromatic carbocycles. The summed E-state index contributed by atoms with van der Waals surface area (Å²) in [6.45, 7) is 2.81. The second kappa shape index (κ2) is 9.13. The molecule has 0 aliphatic heterocycles. The first-order valence-corrected chi connectivity index (χ1v) is 8.07. The molecule has 0 atom stereocenters. The lowest BCUT2D eigenvalue weighted by atomic mass is 10.2. The Balaban J connectivity index is 1.78. The van der Waals surface area contributed by atoms with Gasteiger partial charge in [-0.05, 0) is 43.7 Å². The maximum absolute atomic E-state index is 13.5. The molecule has 1 N–H and O–H groups in total. The summed E-state index contributed by atoms with van der Waals surface area (Å²) >= 11 is 5.79. The normalized spacial score (nSPS) is 10.3. The molecule has 0 aromatic heterocycles. The zero-order chi connectivity index (χ0) is 17.4. The van der Waals surface area contributed by atoms with E-state index in [1.54, 1.807) is 0 Å². The van der Waals surface area contributed by atoms with Crippen molar-refractivity contribution in [1.29, 1.82) is 0 Å². The van der Waals surface area contributed by atoms with E-state index in [1.165, 1.54) is 18.2 Å². The molecule has 2 rings (SSSR count). The average molecular weight is 352 g/mol. The first-order valence-electron chi connectivity index (χ1n) is 7.69. The lowest BCUT2D eigenvalue weighted by molar-refractivity contribution is -0.116. The van der Waals surface area contributed by atoms with Crippen molar-refractivity contribution in [1.82, 2.24) is 0 Å². The van der Waals surface area contributed by atoms with Gasteiger partial charge in [-0.1, -0.05) is 23.7 Å². The van der Waals surface area contributed by atoms with Crippen LogP contribution in [0.1, 0.15) is 19.8 Å². The third kappa shape index (κ3) is 5.42. The molecule has 0 aliphatic carbocycles. The Morgan fingerprint density at radius 1 is 1.17 bits per heavy atom. The highest BCUT2D eigenvalue weighted by Gasteiger charge is 2.08. The number of hydrogen-bond donors (Lipinski definition) is 1. The molecule has 128 valence electrons. The number of amides is 1. The number of rotatable bonds is 8. The van der Waals surface area contributed by atoms with Crippen LogP contribution in [0.25, 0.3) is 0 Å². The SMILES string of the molecule is CCOc1ccccc1OCCCC(=O)Nc1cc(Cl)ccc1F. The maximum atomic E-state index is 13.5. The molecular formula is C18H19ClFNO3. The molecule has 4 nitrogen and oxygen atoms in total. The molecule has 0 bridgehead atoms. The molecule has 0 saturated heterocycles. The summed E-state index contributed by atoms with van der Waals surface area (Å²) in [6.07, 6.45) is 0.706. The van der Waals surface area contributed by atoms with Crippen molar-refractivity contribution >= 4 is 23.2 Å². The molecule has 2 aromatic rings. The van der Waals surface area contributed by atoms with E-state index < -0.39 is 5.82 Å². The number of hydrogen-bond acceptors (Lipinski definition) is 3. The summed E-state index contributed by atoms with van der Waals surface area (Å²) in [5, 5.41) is 2.87. The number of halogens is 2. The van der Waals surface area contributed by atoms with Crippen molar-refractivity contribution in [2.45, 2.75) is 19.8 Å². The molecule has 0 spiro atoms. The predicted molar refractivity (Wildman–Crippen MR) is 92.4 cm³/mol. The van der Waals surface area contributed by atoms with E-state index in [0.717, 1.165) is 0 Å². The van der Waals surface area contributed by atoms with E-state index in [1.807, 2.05) is 31.2 Å². The number of anilines is 1. The summed E-state index contributed by atoms with van der Waals surface area (Å²) < 4.78 is 24.6. The summed E-state index contributed by atoms with van der Waals surface area (Å²) in [5.41, 5.74) is 0.0788. The first kappa shape index (κ1) is 18.1. The highest BCUT2D eigenvalue weighted by Crippen LogP contribution is 2.26. The highest BCUT2D eigenvalue weighted by atomic mass is 35.5. The zero-order valence-corrected chi connectivity index (χ0v) is 14.1. The molecule has 6 heteroatoms. The predicted octanol–water partition coefficient (Wildman–Crippen LogP) is 4.68. The topological polar surface area (TPSA) is 47.6 Å². The lowest BCUT2D eigenvalue weighted by Gasteiger charge is -2.11. The minimum Gasteiger partial charge on any atom is -0.490 e. The summed E-state index contributed by atoms with van der Waals surface area (Å²) in [7, 11) is 0. The Kier molecular flexibility index (Phi) is 6.88. The molecule has 0 heterocycles. The van der Waals surface area contributed by atoms with Gasteiger partial charge < -0.3 is 14.8 Å².